The first-order chi connectivity index (χ1) is 16.2. The number of aliphatic imine (C=N–C) groups is 1. The van der Waals surface area contributed by atoms with Crippen LogP contribution in [0.15, 0.2) is 17.1 Å². The Bertz CT molecular complexity index is 1040. The van der Waals surface area contributed by atoms with E-state index in [-0.39, 0.29) is 17.7 Å². The number of benzene rings is 1. The molecule has 5 N–H and O–H groups in total. The van der Waals surface area contributed by atoms with Gasteiger partial charge in [-0.25, -0.2) is 9.59 Å². The first kappa shape index (κ1) is 24.2. The SMILES string of the molecule is COc1ccc(C[C@@H](B(O)O)N2C(=O)NC3(CCN(C4=NCCS4)CC3)C2=O)c(O)c1C(=O)O. The number of amidine groups is 1. The van der Waals surface area contributed by atoms with E-state index in [0.717, 1.165) is 22.4 Å². The number of rotatable bonds is 6. The summed E-state index contributed by atoms with van der Waals surface area (Å²) in [5.74, 6) is -3.27. The molecule has 1 atom stereocenters. The molecule has 3 aliphatic heterocycles. The number of methoxy groups -OCH3 is 1. The number of aromatic carboxylic acids is 1. The Labute approximate surface area is 199 Å². The van der Waals surface area contributed by atoms with Crippen molar-refractivity contribution >= 4 is 42.0 Å². The molecule has 2 fully saturated rings. The number of likely N-dealkylation sites (tertiary alicyclic amines) is 1. The Hall–Kier alpha value is -2.97. The molecular formula is C20H25BN4O8S. The standard InChI is InChI=1S/C20H25BN4O8S/c1-33-12-3-2-11(15(26)14(12)16(27)28)10-13(21(31)32)25-17(29)20(23-18(25)30)4-7-24(8-5-20)19-22-6-9-34-19/h2-3,13,26,31-32H,4-10H2,1H3,(H,23,30)(H,27,28)/t13-/m0/s1. The summed E-state index contributed by atoms with van der Waals surface area (Å²) in [6.07, 6.45) is 0.292. The van der Waals surface area contributed by atoms with Gasteiger partial charge in [-0.3, -0.25) is 14.7 Å². The van der Waals surface area contributed by atoms with E-state index in [1.807, 2.05) is 0 Å². The summed E-state index contributed by atoms with van der Waals surface area (Å²) in [4.78, 5) is 45.1. The number of aromatic hydroxyl groups is 1. The molecule has 182 valence electrons. The van der Waals surface area contributed by atoms with Gasteiger partial charge < -0.3 is 35.2 Å². The molecule has 12 nitrogen and oxygen atoms in total. The first-order valence-corrected chi connectivity index (χ1v) is 11.7. The largest absolute Gasteiger partial charge is 0.507 e. The number of hydrogen-bond donors (Lipinski definition) is 5. The molecule has 14 heteroatoms. The number of nitrogens with zero attached hydrogens (tertiary/aromatic N) is 3. The zero-order valence-corrected chi connectivity index (χ0v) is 19.2. The highest BCUT2D eigenvalue weighted by Crippen LogP contribution is 2.35. The van der Waals surface area contributed by atoms with Crippen molar-refractivity contribution in [3.05, 3.63) is 23.3 Å². The minimum absolute atomic E-state index is 0.0175. The summed E-state index contributed by atoms with van der Waals surface area (Å²) in [6, 6.07) is 1.89. The van der Waals surface area contributed by atoms with Gasteiger partial charge in [-0.1, -0.05) is 17.8 Å². The van der Waals surface area contributed by atoms with Gasteiger partial charge in [-0.2, -0.15) is 0 Å². The van der Waals surface area contributed by atoms with Crippen LogP contribution in [0, 0.1) is 0 Å². The quantitative estimate of drug-likeness (QED) is 0.258. The average molecular weight is 492 g/mol. The number of nitrogens with one attached hydrogen (secondary N) is 1. The molecule has 4 rings (SSSR count). The number of piperidine rings is 1. The number of ether oxygens (including phenoxy) is 1. The van der Waals surface area contributed by atoms with Crippen LogP contribution in [-0.4, -0.2) is 104 Å². The minimum atomic E-state index is -2.12. The van der Waals surface area contributed by atoms with Gasteiger partial charge in [0.15, 0.2) is 5.17 Å². The molecule has 2 saturated heterocycles. The number of carbonyl (C=O) groups excluding carboxylic acids is 2. The lowest BCUT2D eigenvalue weighted by atomic mass is 9.74. The van der Waals surface area contributed by atoms with Crippen molar-refractivity contribution in [2.75, 3.05) is 32.5 Å². The van der Waals surface area contributed by atoms with E-state index < -0.39 is 47.8 Å². The van der Waals surface area contributed by atoms with E-state index in [1.54, 1.807) is 11.8 Å². The van der Waals surface area contributed by atoms with Gasteiger partial charge in [0.1, 0.15) is 22.6 Å². The van der Waals surface area contributed by atoms with E-state index in [1.165, 1.54) is 19.2 Å². The fraction of sp³-hybridized carbons (Fsp3) is 0.500. The zero-order valence-electron chi connectivity index (χ0n) is 18.4. The number of imide groups is 1. The monoisotopic (exact) mass is 492 g/mol. The highest BCUT2D eigenvalue weighted by Gasteiger charge is 2.56. The molecule has 0 bridgehead atoms. The van der Waals surface area contributed by atoms with Crippen molar-refractivity contribution in [2.45, 2.75) is 30.7 Å². The lowest BCUT2D eigenvalue weighted by Gasteiger charge is -2.38. The molecule has 0 saturated carbocycles. The lowest BCUT2D eigenvalue weighted by molar-refractivity contribution is -0.133. The average Bonchev–Trinajstić information content (AvgIpc) is 3.41. The fourth-order valence-electron chi connectivity index (χ4n) is 4.59. The maximum atomic E-state index is 13.4. The Morgan fingerprint density at radius 1 is 1.32 bits per heavy atom. The normalized spacial score (nSPS) is 20.4. The number of carboxylic acid groups (broad SMARTS) is 1. The molecule has 0 radical (unpaired) electrons. The number of phenols is 1. The molecule has 1 aromatic rings. The van der Waals surface area contributed by atoms with Crippen molar-refractivity contribution in [1.82, 2.24) is 15.1 Å². The van der Waals surface area contributed by atoms with Crippen LogP contribution in [0.25, 0.3) is 0 Å². The number of thioether (sulfide) groups is 1. The van der Waals surface area contributed by atoms with Gasteiger partial charge in [-0.15, -0.1) is 0 Å². The van der Waals surface area contributed by atoms with Crippen LogP contribution in [0.4, 0.5) is 4.79 Å². The van der Waals surface area contributed by atoms with Crippen LogP contribution in [0.2, 0.25) is 0 Å². The van der Waals surface area contributed by atoms with Crippen molar-refractivity contribution in [3.63, 3.8) is 0 Å². The van der Waals surface area contributed by atoms with Crippen molar-refractivity contribution in [1.29, 1.82) is 0 Å². The van der Waals surface area contributed by atoms with Crippen LogP contribution in [0.1, 0.15) is 28.8 Å². The van der Waals surface area contributed by atoms with Crippen molar-refractivity contribution in [3.8, 4) is 11.5 Å². The van der Waals surface area contributed by atoms with Gasteiger partial charge in [0.25, 0.3) is 5.91 Å². The highest BCUT2D eigenvalue weighted by atomic mass is 32.2. The molecule has 1 spiro atoms. The van der Waals surface area contributed by atoms with Crippen LogP contribution in [-0.2, 0) is 11.2 Å². The van der Waals surface area contributed by atoms with Crippen LogP contribution >= 0.6 is 11.8 Å². The van der Waals surface area contributed by atoms with E-state index >= 15 is 0 Å². The molecule has 0 aliphatic carbocycles. The molecule has 3 amide bonds. The number of urea groups is 1. The summed E-state index contributed by atoms with van der Waals surface area (Å²) in [7, 11) is -0.874. The second kappa shape index (κ2) is 9.35. The predicted octanol–water partition coefficient (Wildman–Crippen LogP) is -0.489. The van der Waals surface area contributed by atoms with Gasteiger partial charge in [0.2, 0.25) is 0 Å². The third-order valence-electron chi connectivity index (χ3n) is 6.41. The van der Waals surface area contributed by atoms with Crippen LogP contribution in [0.3, 0.4) is 0 Å². The zero-order chi connectivity index (χ0) is 24.6. The molecule has 3 heterocycles. The van der Waals surface area contributed by atoms with Crippen LogP contribution < -0.4 is 10.1 Å². The third-order valence-corrected chi connectivity index (χ3v) is 7.44. The Morgan fingerprint density at radius 3 is 2.59 bits per heavy atom. The Morgan fingerprint density at radius 2 is 2.03 bits per heavy atom. The molecular weight excluding hydrogens is 467 g/mol. The molecule has 0 unspecified atom stereocenters. The van der Waals surface area contributed by atoms with Gasteiger partial charge >= 0.3 is 19.1 Å². The Balaban J connectivity index is 1.56. The second-order valence-corrected chi connectivity index (χ2v) is 9.39. The number of carboxylic acids is 1. The maximum absolute atomic E-state index is 13.4. The third kappa shape index (κ3) is 4.16. The summed E-state index contributed by atoms with van der Waals surface area (Å²) in [5.41, 5.74) is -1.65. The van der Waals surface area contributed by atoms with Gasteiger partial charge in [0, 0.05) is 18.8 Å². The highest BCUT2D eigenvalue weighted by molar-refractivity contribution is 8.14. The molecule has 34 heavy (non-hydrogen) atoms. The number of carbonyl (C=O) groups is 3. The van der Waals surface area contributed by atoms with E-state index in [9.17, 15) is 34.6 Å². The second-order valence-electron chi connectivity index (χ2n) is 8.33. The summed E-state index contributed by atoms with van der Waals surface area (Å²) in [6.45, 7) is 1.78. The van der Waals surface area contributed by atoms with E-state index in [0.29, 0.717) is 25.9 Å². The summed E-state index contributed by atoms with van der Waals surface area (Å²) < 4.78 is 4.97. The predicted molar refractivity (Wildman–Crippen MR) is 123 cm³/mol. The smallest absolute Gasteiger partial charge is 0.476 e. The minimum Gasteiger partial charge on any atom is -0.507 e. The lowest BCUT2D eigenvalue weighted by Crippen LogP contribution is -2.57. The van der Waals surface area contributed by atoms with Crippen molar-refractivity contribution < 1.29 is 39.4 Å². The van der Waals surface area contributed by atoms with E-state index in [4.69, 9.17) is 4.74 Å². The van der Waals surface area contributed by atoms with Crippen LogP contribution in [0.5, 0.6) is 11.5 Å². The molecule has 3 aliphatic rings. The van der Waals surface area contributed by atoms with E-state index in [2.05, 4.69) is 15.2 Å². The number of hydrogen-bond acceptors (Lipinski definition) is 10. The fourth-order valence-corrected chi connectivity index (χ4v) is 5.50. The first-order valence-electron chi connectivity index (χ1n) is 10.7. The van der Waals surface area contributed by atoms with Crippen molar-refractivity contribution in [2.24, 2.45) is 4.99 Å². The Kier molecular flexibility index (Phi) is 6.65. The summed E-state index contributed by atoms with van der Waals surface area (Å²) in [5, 5.41) is 43.7. The summed E-state index contributed by atoms with van der Waals surface area (Å²) >= 11 is 1.65. The van der Waals surface area contributed by atoms with Gasteiger partial charge in [0.05, 0.1) is 19.6 Å². The van der Waals surface area contributed by atoms with Gasteiger partial charge in [-0.05, 0) is 30.9 Å². The molecule has 0 aromatic heterocycles. The maximum Gasteiger partial charge on any atom is 0.476 e. The topological polar surface area (TPSA) is 172 Å². The number of amides is 3. The molecule has 1 aromatic carbocycles.